The highest BCUT2D eigenvalue weighted by Crippen LogP contribution is 2.26. The first-order valence-corrected chi connectivity index (χ1v) is 7.92. The molecule has 0 aromatic heterocycles. The highest BCUT2D eigenvalue weighted by molar-refractivity contribution is 9.10. The molecular weight excluding hydrogens is 347 g/mol. The number of nitrogens with two attached hydrogens (primary N) is 1. The van der Waals surface area contributed by atoms with Crippen LogP contribution in [0, 0.1) is 12.7 Å². The molecule has 2 aromatic carbocycles. The highest BCUT2D eigenvalue weighted by Gasteiger charge is 2.20. The maximum absolute atomic E-state index is 13.4. The molecule has 0 saturated carbocycles. The van der Waals surface area contributed by atoms with E-state index in [0.29, 0.717) is 5.69 Å². The molecule has 0 aliphatic carbocycles. The van der Waals surface area contributed by atoms with E-state index < -0.39 is 21.5 Å². The summed E-state index contributed by atoms with van der Waals surface area (Å²) in [5.41, 5.74) is 6.24. The predicted molar refractivity (Wildman–Crippen MR) is 80.5 cm³/mol. The summed E-state index contributed by atoms with van der Waals surface area (Å²) in [6.07, 6.45) is 0. The van der Waals surface area contributed by atoms with E-state index in [4.69, 9.17) is 5.73 Å². The first-order chi connectivity index (χ1) is 9.31. The zero-order chi connectivity index (χ0) is 14.9. The van der Waals surface area contributed by atoms with Gasteiger partial charge in [-0.1, -0.05) is 28.1 Å². The Labute approximate surface area is 125 Å². The molecule has 0 radical (unpaired) electrons. The molecule has 0 spiro atoms. The quantitative estimate of drug-likeness (QED) is 0.827. The van der Waals surface area contributed by atoms with Gasteiger partial charge in [0.05, 0.1) is 11.4 Å². The Balaban J connectivity index is 2.46. The molecule has 2 rings (SSSR count). The molecule has 2 aromatic rings. The van der Waals surface area contributed by atoms with Gasteiger partial charge in [-0.15, -0.1) is 0 Å². The number of aryl methyl sites for hydroxylation is 1. The van der Waals surface area contributed by atoms with Crippen molar-refractivity contribution < 1.29 is 12.8 Å². The third-order valence-corrected chi connectivity index (χ3v) is 4.66. The van der Waals surface area contributed by atoms with E-state index in [1.807, 2.05) is 0 Å². The van der Waals surface area contributed by atoms with Crippen molar-refractivity contribution in [1.82, 2.24) is 0 Å². The van der Waals surface area contributed by atoms with Crippen molar-refractivity contribution in [2.45, 2.75) is 11.8 Å². The van der Waals surface area contributed by atoms with Crippen LogP contribution in [0.1, 0.15) is 5.56 Å². The number of nitrogen functional groups attached to an aromatic ring is 1. The van der Waals surface area contributed by atoms with Crippen molar-refractivity contribution in [3.63, 3.8) is 0 Å². The first kappa shape index (κ1) is 14.8. The number of rotatable bonds is 3. The number of benzene rings is 2. The zero-order valence-corrected chi connectivity index (χ0v) is 12.9. The van der Waals surface area contributed by atoms with Crippen LogP contribution in [0.2, 0.25) is 0 Å². The Bertz CT molecular complexity index is 763. The van der Waals surface area contributed by atoms with Crippen LogP contribution in [0.15, 0.2) is 45.8 Å². The number of anilines is 2. The minimum absolute atomic E-state index is 0.281. The lowest BCUT2D eigenvalue weighted by molar-refractivity contribution is 0.597. The molecule has 0 amide bonds. The van der Waals surface area contributed by atoms with E-state index in [2.05, 4.69) is 20.7 Å². The summed E-state index contributed by atoms with van der Waals surface area (Å²) in [5.74, 6) is -0.765. The lowest BCUT2D eigenvalue weighted by Gasteiger charge is -2.12. The van der Waals surface area contributed by atoms with E-state index in [1.54, 1.807) is 25.1 Å². The van der Waals surface area contributed by atoms with E-state index in [9.17, 15) is 12.8 Å². The molecular formula is C13H12BrFN2O2S. The Hall–Kier alpha value is -1.60. The summed E-state index contributed by atoms with van der Waals surface area (Å²) < 4.78 is 41.0. The molecule has 4 nitrogen and oxygen atoms in total. The van der Waals surface area contributed by atoms with Crippen LogP contribution in [0.4, 0.5) is 15.8 Å². The third kappa shape index (κ3) is 2.94. The van der Waals surface area contributed by atoms with Crippen LogP contribution in [0.5, 0.6) is 0 Å². The lowest BCUT2D eigenvalue weighted by Crippen LogP contribution is -2.16. The van der Waals surface area contributed by atoms with Crippen LogP contribution in [-0.4, -0.2) is 8.42 Å². The van der Waals surface area contributed by atoms with Gasteiger partial charge in [-0.05, 0) is 36.8 Å². The fourth-order valence-electron chi connectivity index (χ4n) is 1.66. The lowest BCUT2D eigenvalue weighted by atomic mass is 10.2. The maximum Gasteiger partial charge on any atom is 0.264 e. The number of para-hydroxylation sites is 1. The maximum atomic E-state index is 13.4. The van der Waals surface area contributed by atoms with Crippen molar-refractivity contribution in [2.75, 3.05) is 10.5 Å². The molecule has 0 atom stereocenters. The molecule has 0 fully saturated rings. The molecule has 106 valence electrons. The van der Waals surface area contributed by atoms with Gasteiger partial charge >= 0.3 is 0 Å². The first-order valence-electron chi connectivity index (χ1n) is 5.64. The Morgan fingerprint density at radius 2 is 1.95 bits per heavy atom. The fourth-order valence-corrected chi connectivity index (χ4v) is 3.28. The Morgan fingerprint density at radius 1 is 1.25 bits per heavy atom. The van der Waals surface area contributed by atoms with Gasteiger partial charge in [0, 0.05) is 4.47 Å². The molecule has 20 heavy (non-hydrogen) atoms. The van der Waals surface area contributed by atoms with Gasteiger partial charge in [0.15, 0.2) is 0 Å². The smallest absolute Gasteiger partial charge is 0.264 e. The van der Waals surface area contributed by atoms with Crippen LogP contribution in [0.3, 0.4) is 0 Å². The normalized spacial score (nSPS) is 11.3. The van der Waals surface area contributed by atoms with Crippen LogP contribution < -0.4 is 10.5 Å². The third-order valence-electron chi connectivity index (χ3n) is 2.75. The second-order valence-electron chi connectivity index (χ2n) is 4.22. The van der Waals surface area contributed by atoms with Crippen LogP contribution in [-0.2, 0) is 10.0 Å². The second-order valence-corrected chi connectivity index (χ2v) is 6.78. The molecule has 3 N–H and O–H groups in total. The van der Waals surface area contributed by atoms with Gasteiger partial charge in [0.1, 0.15) is 10.7 Å². The largest absolute Gasteiger partial charge is 0.395 e. The van der Waals surface area contributed by atoms with E-state index in [1.165, 1.54) is 12.1 Å². The van der Waals surface area contributed by atoms with E-state index in [0.717, 1.165) is 16.1 Å². The number of hydrogen-bond donors (Lipinski definition) is 2. The molecule has 0 unspecified atom stereocenters. The molecule has 0 heterocycles. The highest BCUT2D eigenvalue weighted by atomic mass is 79.9. The summed E-state index contributed by atoms with van der Waals surface area (Å²) in [4.78, 5) is -0.281. The SMILES string of the molecule is Cc1ccc(Br)cc1NS(=O)(=O)c1cccc(F)c1N. The monoisotopic (exact) mass is 358 g/mol. The van der Waals surface area contributed by atoms with Gasteiger partial charge in [0.2, 0.25) is 0 Å². The minimum atomic E-state index is -3.94. The van der Waals surface area contributed by atoms with Gasteiger partial charge in [-0.25, -0.2) is 12.8 Å². The van der Waals surface area contributed by atoms with Crippen molar-refractivity contribution >= 4 is 37.3 Å². The van der Waals surface area contributed by atoms with E-state index in [-0.39, 0.29) is 4.90 Å². The molecule has 0 saturated heterocycles. The van der Waals surface area contributed by atoms with Gasteiger partial charge in [-0.3, -0.25) is 4.72 Å². The van der Waals surface area contributed by atoms with Crippen molar-refractivity contribution in [3.05, 3.63) is 52.3 Å². The molecule has 7 heteroatoms. The van der Waals surface area contributed by atoms with Gasteiger partial charge in [-0.2, -0.15) is 0 Å². The molecule has 0 aliphatic rings. The van der Waals surface area contributed by atoms with Crippen molar-refractivity contribution in [1.29, 1.82) is 0 Å². The average Bonchev–Trinajstić information content (AvgIpc) is 2.36. The summed E-state index contributed by atoms with van der Waals surface area (Å²) in [5, 5.41) is 0. The Morgan fingerprint density at radius 3 is 2.65 bits per heavy atom. The van der Waals surface area contributed by atoms with Gasteiger partial charge < -0.3 is 5.73 Å². The minimum Gasteiger partial charge on any atom is -0.395 e. The summed E-state index contributed by atoms with van der Waals surface area (Å²) in [6.45, 7) is 1.76. The number of sulfonamides is 1. The van der Waals surface area contributed by atoms with Gasteiger partial charge in [0.25, 0.3) is 10.0 Å². The van der Waals surface area contributed by atoms with Crippen LogP contribution in [0.25, 0.3) is 0 Å². The fraction of sp³-hybridized carbons (Fsp3) is 0.0769. The van der Waals surface area contributed by atoms with Crippen molar-refractivity contribution in [2.24, 2.45) is 0 Å². The van der Waals surface area contributed by atoms with Crippen molar-refractivity contribution in [3.8, 4) is 0 Å². The number of nitrogens with one attached hydrogen (secondary N) is 1. The summed E-state index contributed by atoms with van der Waals surface area (Å²) in [7, 11) is -3.94. The zero-order valence-electron chi connectivity index (χ0n) is 10.5. The standard InChI is InChI=1S/C13H12BrFN2O2S/c1-8-5-6-9(14)7-11(8)17-20(18,19)12-4-2-3-10(15)13(12)16/h2-7,17H,16H2,1H3. The predicted octanol–water partition coefficient (Wildman–Crippen LogP) is 3.28. The molecule has 0 bridgehead atoms. The second kappa shape index (κ2) is 5.41. The van der Waals surface area contributed by atoms with E-state index >= 15 is 0 Å². The summed E-state index contributed by atoms with van der Waals surface area (Å²) in [6, 6.07) is 8.85. The average molecular weight is 359 g/mol. The van der Waals surface area contributed by atoms with Crippen LogP contribution >= 0.6 is 15.9 Å². The molecule has 0 aliphatic heterocycles. The number of hydrogen-bond acceptors (Lipinski definition) is 3. The Kier molecular flexibility index (Phi) is 4.01. The topological polar surface area (TPSA) is 72.2 Å². The number of halogens is 2. The summed E-state index contributed by atoms with van der Waals surface area (Å²) >= 11 is 3.27.